The Kier molecular flexibility index (Phi) is 6.49. The topological polar surface area (TPSA) is 56.8 Å². The highest BCUT2D eigenvalue weighted by Crippen LogP contribution is 2.27. The molecule has 1 N–H and O–H groups in total. The molecule has 0 radical (unpaired) electrons. The Morgan fingerprint density at radius 3 is 2.38 bits per heavy atom. The molecule has 0 aliphatic heterocycles. The van der Waals surface area contributed by atoms with Crippen LogP contribution in [-0.2, 0) is 6.42 Å². The third kappa shape index (κ3) is 4.65. The lowest BCUT2D eigenvalue weighted by Crippen LogP contribution is -2.25. The molecular weight excluding hydrogens is 306 g/mol. The van der Waals surface area contributed by atoms with Crippen LogP contribution in [0.5, 0.6) is 17.2 Å². The van der Waals surface area contributed by atoms with E-state index < -0.39 is 0 Å². The van der Waals surface area contributed by atoms with Crippen molar-refractivity contribution < 1.29 is 19.0 Å². The summed E-state index contributed by atoms with van der Waals surface area (Å²) in [6, 6.07) is 13.0. The minimum atomic E-state index is -0.134. The number of nitrogens with one attached hydrogen (secondary N) is 1. The summed E-state index contributed by atoms with van der Waals surface area (Å²) in [6.45, 7) is 3.00. The number of carbonyl (C=O) groups is 1. The van der Waals surface area contributed by atoms with Gasteiger partial charge in [0.25, 0.3) is 5.91 Å². The third-order valence-electron chi connectivity index (χ3n) is 3.58. The fourth-order valence-corrected chi connectivity index (χ4v) is 2.30. The minimum Gasteiger partial charge on any atom is -0.497 e. The van der Waals surface area contributed by atoms with Gasteiger partial charge in [-0.15, -0.1) is 0 Å². The van der Waals surface area contributed by atoms with Crippen molar-refractivity contribution in [3.05, 3.63) is 53.6 Å². The lowest BCUT2D eigenvalue weighted by atomic mass is 10.1. The SMILES string of the molecule is CCOc1ccc(C(=O)NCCc2ccc(OC)cc2)cc1OC. The van der Waals surface area contributed by atoms with Crippen molar-refractivity contribution in [1.82, 2.24) is 5.32 Å². The van der Waals surface area contributed by atoms with E-state index in [2.05, 4.69) is 5.32 Å². The molecule has 5 nitrogen and oxygen atoms in total. The van der Waals surface area contributed by atoms with Gasteiger partial charge in [0.05, 0.1) is 20.8 Å². The van der Waals surface area contributed by atoms with Crippen LogP contribution in [0.15, 0.2) is 42.5 Å². The average Bonchev–Trinajstić information content (AvgIpc) is 2.62. The lowest BCUT2D eigenvalue weighted by Gasteiger charge is -2.11. The van der Waals surface area contributed by atoms with Gasteiger partial charge in [-0.3, -0.25) is 4.79 Å². The Morgan fingerprint density at radius 1 is 1.00 bits per heavy atom. The highest BCUT2D eigenvalue weighted by molar-refractivity contribution is 5.94. The maximum Gasteiger partial charge on any atom is 0.251 e. The van der Waals surface area contributed by atoms with Crippen molar-refractivity contribution >= 4 is 5.91 Å². The van der Waals surface area contributed by atoms with Crippen molar-refractivity contribution in [1.29, 1.82) is 0 Å². The molecule has 0 unspecified atom stereocenters. The minimum absolute atomic E-state index is 0.134. The predicted octanol–water partition coefficient (Wildman–Crippen LogP) is 3.08. The second kappa shape index (κ2) is 8.82. The summed E-state index contributed by atoms with van der Waals surface area (Å²) < 4.78 is 15.8. The Hall–Kier alpha value is -2.69. The Labute approximate surface area is 142 Å². The molecule has 0 heterocycles. The first-order valence-corrected chi connectivity index (χ1v) is 7.90. The van der Waals surface area contributed by atoms with E-state index in [1.165, 1.54) is 0 Å². The lowest BCUT2D eigenvalue weighted by molar-refractivity contribution is 0.0953. The summed E-state index contributed by atoms with van der Waals surface area (Å²) in [4.78, 5) is 12.2. The summed E-state index contributed by atoms with van der Waals surface area (Å²) >= 11 is 0. The molecule has 0 atom stereocenters. The van der Waals surface area contributed by atoms with Gasteiger partial charge in [-0.05, 0) is 49.2 Å². The molecule has 0 fully saturated rings. The van der Waals surface area contributed by atoms with E-state index in [0.717, 1.165) is 17.7 Å². The molecular formula is C19H23NO4. The van der Waals surface area contributed by atoms with E-state index in [1.54, 1.807) is 32.4 Å². The summed E-state index contributed by atoms with van der Waals surface area (Å²) in [5, 5.41) is 2.91. The zero-order chi connectivity index (χ0) is 17.4. The van der Waals surface area contributed by atoms with Gasteiger partial charge in [-0.25, -0.2) is 0 Å². The number of hydrogen-bond donors (Lipinski definition) is 1. The number of carbonyl (C=O) groups excluding carboxylic acids is 1. The van der Waals surface area contributed by atoms with Crippen LogP contribution < -0.4 is 19.5 Å². The zero-order valence-corrected chi connectivity index (χ0v) is 14.3. The maximum atomic E-state index is 12.2. The number of methoxy groups -OCH3 is 2. The quantitative estimate of drug-likeness (QED) is 0.809. The van der Waals surface area contributed by atoms with Gasteiger partial charge in [0.15, 0.2) is 11.5 Å². The second-order valence-electron chi connectivity index (χ2n) is 5.15. The molecule has 0 aliphatic carbocycles. The molecule has 0 aliphatic rings. The van der Waals surface area contributed by atoms with E-state index in [1.807, 2.05) is 31.2 Å². The first-order valence-electron chi connectivity index (χ1n) is 7.90. The normalized spacial score (nSPS) is 10.1. The number of hydrogen-bond acceptors (Lipinski definition) is 4. The van der Waals surface area contributed by atoms with Crippen LogP contribution >= 0.6 is 0 Å². The molecule has 2 aromatic carbocycles. The largest absolute Gasteiger partial charge is 0.497 e. The molecule has 0 aromatic heterocycles. The van der Waals surface area contributed by atoms with Crippen LogP contribution in [0.4, 0.5) is 0 Å². The van der Waals surface area contributed by atoms with Gasteiger partial charge < -0.3 is 19.5 Å². The van der Waals surface area contributed by atoms with Crippen LogP contribution in [-0.4, -0.2) is 33.3 Å². The number of ether oxygens (including phenoxy) is 3. The van der Waals surface area contributed by atoms with Crippen LogP contribution in [0.25, 0.3) is 0 Å². The van der Waals surface area contributed by atoms with Crippen molar-refractivity contribution in [3.8, 4) is 17.2 Å². The molecule has 2 rings (SSSR count). The van der Waals surface area contributed by atoms with E-state index in [0.29, 0.717) is 30.2 Å². The molecule has 5 heteroatoms. The summed E-state index contributed by atoms with van der Waals surface area (Å²) in [5.41, 5.74) is 1.69. The number of rotatable bonds is 8. The van der Waals surface area contributed by atoms with Crippen LogP contribution in [0.1, 0.15) is 22.8 Å². The highest BCUT2D eigenvalue weighted by atomic mass is 16.5. The van der Waals surface area contributed by atoms with Crippen LogP contribution in [0, 0.1) is 0 Å². The summed E-state index contributed by atoms with van der Waals surface area (Å²) in [7, 11) is 3.20. The fourth-order valence-electron chi connectivity index (χ4n) is 2.30. The maximum absolute atomic E-state index is 12.2. The van der Waals surface area contributed by atoms with Gasteiger partial charge in [0, 0.05) is 12.1 Å². The van der Waals surface area contributed by atoms with Gasteiger partial charge in [0.1, 0.15) is 5.75 Å². The molecule has 0 saturated carbocycles. The van der Waals surface area contributed by atoms with Crippen LogP contribution in [0.2, 0.25) is 0 Å². The molecule has 128 valence electrons. The number of amides is 1. The zero-order valence-electron chi connectivity index (χ0n) is 14.3. The Morgan fingerprint density at radius 2 is 1.75 bits per heavy atom. The van der Waals surface area contributed by atoms with E-state index >= 15 is 0 Å². The monoisotopic (exact) mass is 329 g/mol. The number of benzene rings is 2. The predicted molar refractivity (Wildman–Crippen MR) is 93.2 cm³/mol. The van der Waals surface area contributed by atoms with Gasteiger partial charge in [-0.1, -0.05) is 12.1 Å². The molecule has 1 amide bonds. The van der Waals surface area contributed by atoms with E-state index in [-0.39, 0.29) is 5.91 Å². The van der Waals surface area contributed by atoms with Gasteiger partial charge in [-0.2, -0.15) is 0 Å². The molecule has 24 heavy (non-hydrogen) atoms. The van der Waals surface area contributed by atoms with Crippen LogP contribution in [0.3, 0.4) is 0 Å². The third-order valence-corrected chi connectivity index (χ3v) is 3.58. The first-order chi connectivity index (χ1) is 11.7. The second-order valence-corrected chi connectivity index (χ2v) is 5.15. The van der Waals surface area contributed by atoms with E-state index in [4.69, 9.17) is 14.2 Å². The van der Waals surface area contributed by atoms with Crippen molar-refractivity contribution in [3.63, 3.8) is 0 Å². The summed E-state index contributed by atoms with van der Waals surface area (Å²) in [5.74, 6) is 1.88. The Bertz CT molecular complexity index is 668. The molecule has 0 bridgehead atoms. The first kappa shape index (κ1) is 17.7. The highest BCUT2D eigenvalue weighted by Gasteiger charge is 2.10. The van der Waals surface area contributed by atoms with Crippen molar-refractivity contribution in [2.75, 3.05) is 27.4 Å². The molecule has 0 spiro atoms. The van der Waals surface area contributed by atoms with Crippen molar-refractivity contribution in [2.24, 2.45) is 0 Å². The molecule has 2 aromatic rings. The van der Waals surface area contributed by atoms with Crippen molar-refractivity contribution in [2.45, 2.75) is 13.3 Å². The Balaban J connectivity index is 1.91. The fraction of sp³-hybridized carbons (Fsp3) is 0.316. The average molecular weight is 329 g/mol. The van der Waals surface area contributed by atoms with E-state index in [9.17, 15) is 4.79 Å². The van der Waals surface area contributed by atoms with Gasteiger partial charge >= 0.3 is 0 Å². The summed E-state index contributed by atoms with van der Waals surface area (Å²) in [6.07, 6.45) is 0.754. The standard InChI is InChI=1S/C19H23NO4/c1-4-24-17-10-7-15(13-18(17)23-3)19(21)20-12-11-14-5-8-16(22-2)9-6-14/h5-10,13H,4,11-12H2,1-3H3,(H,20,21). The molecule has 0 saturated heterocycles. The smallest absolute Gasteiger partial charge is 0.251 e. The van der Waals surface area contributed by atoms with Gasteiger partial charge in [0.2, 0.25) is 0 Å².